The SMILES string of the molecule is COc1cc(F)c(NCCS)cc1F. The highest BCUT2D eigenvalue weighted by Gasteiger charge is 2.09. The predicted molar refractivity (Wildman–Crippen MR) is 55.3 cm³/mol. The zero-order valence-electron chi connectivity index (χ0n) is 7.68. The van der Waals surface area contributed by atoms with E-state index in [0.29, 0.717) is 12.3 Å². The molecule has 2 nitrogen and oxygen atoms in total. The fourth-order valence-corrected chi connectivity index (χ4v) is 1.12. The topological polar surface area (TPSA) is 21.3 Å². The molecule has 1 N–H and O–H groups in total. The van der Waals surface area contributed by atoms with Gasteiger partial charge >= 0.3 is 0 Å². The van der Waals surface area contributed by atoms with Crippen molar-refractivity contribution in [1.29, 1.82) is 0 Å². The third kappa shape index (κ3) is 2.51. The van der Waals surface area contributed by atoms with Crippen molar-refractivity contribution in [3.8, 4) is 5.75 Å². The summed E-state index contributed by atoms with van der Waals surface area (Å²) in [6.45, 7) is 0.478. The molecule has 5 heteroatoms. The van der Waals surface area contributed by atoms with Crippen LogP contribution in [-0.2, 0) is 0 Å². The Morgan fingerprint density at radius 3 is 2.64 bits per heavy atom. The van der Waals surface area contributed by atoms with E-state index in [-0.39, 0.29) is 11.4 Å². The lowest BCUT2D eigenvalue weighted by Gasteiger charge is -2.08. The summed E-state index contributed by atoms with van der Waals surface area (Å²) in [4.78, 5) is 0. The van der Waals surface area contributed by atoms with Crippen LogP contribution < -0.4 is 10.1 Å². The molecule has 1 aromatic carbocycles. The molecule has 0 aliphatic carbocycles. The van der Waals surface area contributed by atoms with E-state index in [1.807, 2.05) is 0 Å². The Hall–Kier alpha value is -0.970. The molecule has 1 aromatic rings. The molecule has 0 radical (unpaired) electrons. The van der Waals surface area contributed by atoms with Crippen molar-refractivity contribution >= 4 is 18.3 Å². The van der Waals surface area contributed by atoms with Crippen LogP contribution in [-0.4, -0.2) is 19.4 Å². The van der Waals surface area contributed by atoms with Gasteiger partial charge in [0.15, 0.2) is 11.6 Å². The van der Waals surface area contributed by atoms with E-state index < -0.39 is 11.6 Å². The second kappa shape index (κ2) is 5.05. The average molecular weight is 219 g/mol. The Bertz CT molecular complexity index is 320. The van der Waals surface area contributed by atoms with Gasteiger partial charge in [0.2, 0.25) is 0 Å². The molecular weight excluding hydrogens is 208 g/mol. The third-order valence-corrected chi connectivity index (χ3v) is 1.89. The summed E-state index contributed by atoms with van der Waals surface area (Å²) in [5.74, 6) is -0.674. The van der Waals surface area contributed by atoms with E-state index in [2.05, 4.69) is 22.7 Å². The molecule has 0 fully saturated rings. The van der Waals surface area contributed by atoms with Gasteiger partial charge in [0.25, 0.3) is 0 Å². The van der Waals surface area contributed by atoms with Gasteiger partial charge in [-0.15, -0.1) is 0 Å². The van der Waals surface area contributed by atoms with Crippen molar-refractivity contribution in [2.75, 3.05) is 24.7 Å². The Labute approximate surface area is 86.7 Å². The Morgan fingerprint density at radius 1 is 1.36 bits per heavy atom. The van der Waals surface area contributed by atoms with Crippen molar-refractivity contribution in [2.24, 2.45) is 0 Å². The summed E-state index contributed by atoms with van der Waals surface area (Å²) < 4.78 is 30.9. The van der Waals surface area contributed by atoms with Crippen LogP contribution in [0.4, 0.5) is 14.5 Å². The molecule has 0 saturated carbocycles. The van der Waals surface area contributed by atoms with Gasteiger partial charge in [-0.25, -0.2) is 8.78 Å². The molecule has 0 aliphatic rings. The smallest absolute Gasteiger partial charge is 0.167 e. The fraction of sp³-hybridized carbons (Fsp3) is 0.333. The zero-order chi connectivity index (χ0) is 10.6. The lowest BCUT2D eigenvalue weighted by Crippen LogP contribution is -2.05. The molecule has 0 heterocycles. The van der Waals surface area contributed by atoms with E-state index >= 15 is 0 Å². The van der Waals surface area contributed by atoms with Gasteiger partial charge < -0.3 is 10.1 Å². The first-order valence-corrected chi connectivity index (χ1v) is 4.70. The predicted octanol–water partition coefficient (Wildman–Crippen LogP) is 2.32. The maximum absolute atomic E-state index is 13.2. The molecule has 0 atom stereocenters. The van der Waals surface area contributed by atoms with Crippen LogP contribution in [0.25, 0.3) is 0 Å². The molecule has 0 unspecified atom stereocenters. The second-order valence-electron chi connectivity index (χ2n) is 2.62. The van der Waals surface area contributed by atoms with E-state index in [0.717, 1.165) is 12.1 Å². The highest BCUT2D eigenvalue weighted by Crippen LogP contribution is 2.24. The molecular formula is C9H11F2NOS. The first-order chi connectivity index (χ1) is 6.69. The molecule has 0 bridgehead atoms. The van der Waals surface area contributed by atoms with Crippen molar-refractivity contribution in [2.45, 2.75) is 0 Å². The third-order valence-electron chi connectivity index (χ3n) is 1.67. The summed E-state index contributed by atoms with van der Waals surface area (Å²) in [5.41, 5.74) is 0.123. The number of anilines is 1. The average Bonchev–Trinajstić information content (AvgIpc) is 2.18. The fourth-order valence-electron chi connectivity index (χ4n) is 1.01. The van der Waals surface area contributed by atoms with Crippen LogP contribution >= 0.6 is 12.6 Å². The number of ether oxygens (including phenoxy) is 1. The van der Waals surface area contributed by atoms with Gasteiger partial charge in [-0.2, -0.15) is 12.6 Å². The summed E-state index contributed by atoms with van der Waals surface area (Å²) in [7, 11) is 1.29. The normalized spacial score (nSPS) is 10.0. The molecule has 0 aromatic heterocycles. The Balaban J connectivity index is 2.90. The number of halogens is 2. The molecule has 0 aliphatic heterocycles. The van der Waals surface area contributed by atoms with Crippen LogP contribution in [0.5, 0.6) is 5.75 Å². The van der Waals surface area contributed by atoms with Gasteiger partial charge in [0.05, 0.1) is 12.8 Å². The first kappa shape index (κ1) is 11.1. The molecule has 0 amide bonds. The largest absolute Gasteiger partial charge is 0.494 e. The second-order valence-corrected chi connectivity index (χ2v) is 3.06. The van der Waals surface area contributed by atoms with Gasteiger partial charge in [-0.1, -0.05) is 0 Å². The summed E-state index contributed by atoms with van der Waals surface area (Å²) in [5, 5.41) is 2.71. The molecule has 14 heavy (non-hydrogen) atoms. The highest BCUT2D eigenvalue weighted by atomic mass is 32.1. The maximum atomic E-state index is 13.2. The quantitative estimate of drug-likeness (QED) is 0.758. The van der Waals surface area contributed by atoms with Gasteiger partial charge in [0.1, 0.15) is 5.82 Å². The van der Waals surface area contributed by atoms with Crippen molar-refractivity contribution in [3.05, 3.63) is 23.8 Å². The minimum Gasteiger partial charge on any atom is -0.494 e. The highest BCUT2D eigenvalue weighted by molar-refractivity contribution is 7.80. The molecule has 78 valence electrons. The molecule has 1 rings (SSSR count). The van der Waals surface area contributed by atoms with Gasteiger partial charge in [-0.05, 0) is 0 Å². The molecule has 0 spiro atoms. The van der Waals surface area contributed by atoms with E-state index in [1.54, 1.807) is 0 Å². The standard InChI is InChI=1S/C9H11F2NOS/c1-13-9-5-6(10)8(4-7(9)11)12-2-3-14/h4-5,12,14H,2-3H2,1H3. The number of benzene rings is 1. The lowest BCUT2D eigenvalue weighted by atomic mass is 10.2. The van der Waals surface area contributed by atoms with Crippen LogP contribution in [0, 0.1) is 11.6 Å². The van der Waals surface area contributed by atoms with Crippen LogP contribution in [0.3, 0.4) is 0 Å². The molecule has 0 saturated heterocycles. The van der Waals surface area contributed by atoms with Crippen molar-refractivity contribution < 1.29 is 13.5 Å². The van der Waals surface area contributed by atoms with E-state index in [9.17, 15) is 8.78 Å². The minimum atomic E-state index is -0.587. The van der Waals surface area contributed by atoms with Crippen molar-refractivity contribution in [3.63, 3.8) is 0 Å². The van der Waals surface area contributed by atoms with Gasteiger partial charge in [-0.3, -0.25) is 0 Å². The first-order valence-electron chi connectivity index (χ1n) is 4.06. The number of hydrogen-bond acceptors (Lipinski definition) is 3. The zero-order valence-corrected chi connectivity index (χ0v) is 8.57. The number of hydrogen-bond donors (Lipinski definition) is 2. The number of thiol groups is 1. The minimum absolute atomic E-state index is 0.0982. The number of nitrogens with one attached hydrogen (secondary N) is 1. The van der Waals surface area contributed by atoms with Crippen LogP contribution in [0.1, 0.15) is 0 Å². The summed E-state index contributed by atoms with van der Waals surface area (Å²) in [6.07, 6.45) is 0. The van der Waals surface area contributed by atoms with E-state index in [1.165, 1.54) is 7.11 Å². The van der Waals surface area contributed by atoms with Gasteiger partial charge in [0, 0.05) is 24.4 Å². The number of methoxy groups -OCH3 is 1. The van der Waals surface area contributed by atoms with Crippen LogP contribution in [0.15, 0.2) is 12.1 Å². The Kier molecular flexibility index (Phi) is 4.00. The Morgan fingerprint density at radius 2 is 2.07 bits per heavy atom. The number of rotatable bonds is 4. The maximum Gasteiger partial charge on any atom is 0.167 e. The summed E-state index contributed by atoms with van der Waals surface area (Å²) >= 11 is 3.95. The lowest BCUT2D eigenvalue weighted by molar-refractivity contribution is 0.383. The van der Waals surface area contributed by atoms with Crippen molar-refractivity contribution in [1.82, 2.24) is 0 Å². The van der Waals surface area contributed by atoms with E-state index in [4.69, 9.17) is 0 Å². The monoisotopic (exact) mass is 219 g/mol. The van der Waals surface area contributed by atoms with Crippen LogP contribution in [0.2, 0.25) is 0 Å². The summed E-state index contributed by atoms with van der Waals surface area (Å²) in [6, 6.07) is 2.08.